The SMILES string of the molecule is Oc1ccc(CN2CCC(c3ccccc3)C2)cc1Cl. The van der Waals surface area contributed by atoms with Crippen molar-refractivity contribution < 1.29 is 5.11 Å². The Bertz CT molecular complexity index is 585. The monoisotopic (exact) mass is 287 g/mol. The number of nitrogens with zero attached hydrogens (tertiary/aromatic N) is 1. The molecule has 1 heterocycles. The lowest BCUT2D eigenvalue weighted by atomic mass is 9.99. The molecule has 1 aliphatic heterocycles. The van der Waals surface area contributed by atoms with Crippen LogP contribution in [0.25, 0.3) is 0 Å². The molecule has 1 atom stereocenters. The van der Waals surface area contributed by atoms with E-state index in [0.29, 0.717) is 10.9 Å². The minimum absolute atomic E-state index is 0.152. The lowest BCUT2D eigenvalue weighted by Gasteiger charge is -2.16. The van der Waals surface area contributed by atoms with Gasteiger partial charge in [0.25, 0.3) is 0 Å². The van der Waals surface area contributed by atoms with Crippen molar-refractivity contribution in [3.05, 3.63) is 64.7 Å². The second-order valence-electron chi connectivity index (χ2n) is 5.42. The fourth-order valence-corrected chi connectivity index (χ4v) is 3.08. The molecule has 0 bridgehead atoms. The molecule has 0 aliphatic carbocycles. The van der Waals surface area contributed by atoms with E-state index in [2.05, 4.69) is 35.2 Å². The number of rotatable bonds is 3. The Labute approximate surface area is 124 Å². The van der Waals surface area contributed by atoms with Gasteiger partial charge in [-0.05, 0) is 42.1 Å². The third-order valence-corrected chi connectivity index (χ3v) is 4.26. The Kier molecular flexibility index (Phi) is 3.95. The zero-order valence-electron chi connectivity index (χ0n) is 11.3. The molecule has 0 radical (unpaired) electrons. The van der Waals surface area contributed by atoms with Crippen LogP contribution in [0.2, 0.25) is 5.02 Å². The van der Waals surface area contributed by atoms with Gasteiger partial charge in [-0.15, -0.1) is 0 Å². The van der Waals surface area contributed by atoms with Gasteiger partial charge in [0, 0.05) is 13.1 Å². The van der Waals surface area contributed by atoms with Crippen molar-refractivity contribution in [3.8, 4) is 5.75 Å². The van der Waals surface area contributed by atoms with E-state index < -0.39 is 0 Å². The Morgan fingerprint density at radius 1 is 1.15 bits per heavy atom. The van der Waals surface area contributed by atoms with Crippen molar-refractivity contribution in [2.24, 2.45) is 0 Å². The van der Waals surface area contributed by atoms with Crippen molar-refractivity contribution in [3.63, 3.8) is 0 Å². The molecule has 104 valence electrons. The molecule has 2 nitrogen and oxygen atoms in total. The van der Waals surface area contributed by atoms with Crippen LogP contribution in [0.5, 0.6) is 5.75 Å². The summed E-state index contributed by atoms with van der Waals surface area (Å²) in [6, 6.07) is 16.2. The van der Waals surface area contributed by atoms with Gasteiger partial charge < -0.3 is 5.11 Å². The summed E-state index contributed by atoms with van der Waals surface area (Å²) in [4.78, 5) is 2.44. The first-order chi connectivity index (χ1) is 9.72. The van der Waals surface area contributed by atoms with E-state index in [1.54, 1.807) is 6.07 Å². The molecule has 0 spiro atoms. The average Bonchev–Trinajstić information content (AvgIpc) is 2.92. The minimum Gasteiger partial charge on any atom is -0.506 e. The van der Waals surface area contributed by atoms with E-state index in [9.17, 15) is 5.11 Å². The molecule has 1 N–H and O–H groups in total. The molecule has 2 aromatic rings. The summed E-state index contributed by atoms with van der Waals surface area (Å²) in [6.07, 6.45) is 1.20. The van der Waals surface area contributed by atoms with E-state index in [4.69, 9.17) is 11.6 Å². The first-order valence-corrected chi connectivity index (χ1v) is 7.35. The van der Waals surface area contributed by atoms with Crippen LogP contribution in [0, 0.1) is 0 Å². The maximum atomic E-state index is 9.45. The van der Waals surface area contributed by atoms with Crippen LogP contribution >= 0.6 is 11.6 Å². The van der Waals surface area contributed by atoms with E-state index in [1.807, 2.05) is 12.1 Å². The molecule has 3 rings (SSSR count). The summed E-state index contributed by atoms with van der Waals surface area (Å²) >= 11 is 5.96. The summed E-state index contributed by atoms with van der Waals surface area (Å²) in [6.45, 7) is 3.09. The van der Waals surface area contributed by atoms with Gasteiger partial charge >= 0.3 is 0 Å². The molecule has 1 unspecified atom stereocenters. The predicted octanol–water partition coefficient (Wildman–Crippen LogP) is 4.04. The fourth-order valence-electron chi connectivity index (χ4n) is 2.88. The van der Waals surface area contributed by atoms with Gasteiger partial charge in [-0.2, -0.15) is 0 Å². The Morgan fingerprint density at radius 2 is 1.95 bits per heavy atom. The van der Waals surface area contributed by atoms with E-state index in [1.165, 1.54) is 12.0 Å². The highest BCUT2D eigenvalue weighted by Crippen LogP contribution is 2.29. The van der Waals surface area contributed by atoms with Crippen molar-refractivity contribution in [1.29, 1.82) is 0 Å². The number of phenolic OH excluding ortho intramolecular Hbond substituents is 1. The number of phenols is 1. The molecule has 0 aromatic heterocycles. The smallest absolute Gasteiger partial charge is 0.134 e. The third kappa shape index (κ3) is 2.97. The van der Waals surface area contributed by atoms with Crippen LogP contribution in [-0.2, 0) is 6.54 Å². The molecule has 1 aliphatic rings. The highest BCUT2D eigenvalue weighted by Gasteiger charge is 2.23. The third-order valence-electron chi connectivity index (χ3n) is 3.96. The summed E-state index contributed by atoms with van der Waals surface area (Å²) in [5, 5.41) is 9.88. The number of hydrogen-bond acceptors (Lipinski definition) is 2. The predicted molar refractivity (Wildman–Crippen MR) is 82.2 cm³/mol. The molecule has 2 aromatic carbocycles. The van der Waals surface area contributed by atoms with Crippen LogP contribution in [0.3, 0.4) is 0 Å². The van der Waals surface area contributed by atoms with Crippen molar-refractivity contribution >= 4 is 11.6 Å². The van der Waals surface area contributed by atoms with Crippen LogP contribution in [-0.4, -0.2) is 23.1 Å². The highest BCUT2D eigenvalue weighted by molar-refractivity contribution is 6.32. The number of likely N-dealkylation sites (tertiary alicyclic amines) is 1. The number of benzene rings is 2. The minimum atomic E-state index is 0.152. The lowest BCUT2D eigenvalue weighted by Crippen LogP contribution is -2.19. The number of hydrogen-bond donors (Lipinski definition) is 1. The molecule has 20 heavy (non-hydrogen) atoms. The molecule has 3 heteroatoms. The fraction of sp³-hybridized carbons (Fsp3) is 0.294. The van der Waals surface area contributed by atoms with E-state index in [-0.39, 0.29) is 5.75 Å². The number of aromatic hydroxyl groups is 1. The van der Waals surface area contributed by atoms with E-state index in [0.717, 1.165) is 25.2 Å². The van der Waals surface area contributed by atoms with Crippen molar-refractivity contribution in [1.82, 2.24) is 4.90 Å². The van der Waals surface area contributed by atoms with Crippen LogP contribution in [0.15, 0.2) is 48.5 Å². The summed E-state index contributed by atoms with van der Waals surface area (Å²) < 4.78 is 0. The largest absolute Gasteiger partial charge is 0.506 e. The molecule has 1 fully saturated rings. The van der Waals surface area contributed by atoms with Crippen molar-refractivity contribution in [2.45, 2.75) is 18.9 Å². The average molecular weight is 288 g/mol. The first-order valence-electron chi connectivity index (χ1n) is 6.97. The van der Waals surface area contributed by atoms with Gasteiger partial charge in [0.05, 0.1) is 5.02 Å². The van der Waals surface area contributed by atoms with Gasteiger partial charge in [-0.3, -0.25) is 4.90 Å². The Balaban J connectivity index is 1.64. The maximum absolute atomic E-state index is 9.45. The maximum Gasteiger partial charge on any atom is 0.134 e. The number of halogens is 1. The van der Waals surface area contributed by atoms with Gasteiger partial charge in [-0.25, -0.2) is 0 Å². The second-order valence-corrected chi connectivity index (χ2v) is 5.82. The molecule has 0 amide bonds. The molecule has 1 saturated heterocycles. The summed E-state index contributed by atoms with van der Waals surface area (Å²) in [7, 11) is 0. The zero-order chi connectivity index (χ0) is 13.9. The summed E-state index contributed by atoms with van der Waals surface area (Å²) in [5.74, 6) is 0.780. The Morgan fingerprint density at radius 3 is 2.70 bits per heavy atom. The normalized spacial score (nSPS) is 19.4. The highest BCUT2D eigenvalue weighted by atomic mass is 35.5. The van der Waals surface area contributed by atoms with Crippen LogP contribution < -0.4 is 0 Å². The van der Waals surface area contributed by atoms with Gasteiger partial charge in [0.1, 0.15) is 5.75 Å². The second kappa shape index (κ2) is 5.86. The molecular weight excluding hydrogens is 270 g/mol. The van der Waals surface area contributed by atoms with Crippen LogP contribution in [0.1, 0.15) is 23.5 Å². The Hall–Kier alpha value is -1.51. The topological polar surface area (TPSA) is 23.5 Å². The standard InChI is InChI=1S/C17H18ClNO/c18-16-10-13(6-7-17(16)20)11-19-9-8-15(12-19)14-4-2-1-3-5-14/h1-7,10,15,20H,8-9,11-12H2. The zero-order valence-corrected chi connectivity index (χ0v) is 12.1. The molecular formula is C17H18ClNO. The van der Waals surface area contributed by atoms with Crippen LogP contribution in [0.4, 0.5) is 0 Å². The lowest BCUT2D eigenvalue weighted by molar-refractivity contribution is 0.326. The van der Waals surface area contributed by atoms with Crippen molar-refractivity contribution in [2.75, 3.05) is 13.1 Å². The van der Waals surface area contributed by atoms with E-state index >= 15 is 0 Å². The van der Waals surface area contributed by atoms with Gasteiger partial charge in [-0.1, -0.05) is 48.0 Å². The first kappa shape index (κ1) is 13.5. The quantitative estimate of drug-likeness (QED) is 0.921. The molecule has 0 saturated carbocycles. The summed E-state index contributed by atoms with van der Waals surface area (Å²) in [5.41, 5.74) is 2.58. The van der Waals surface area contributed by atoms with Gasteiger partial charge in [0.15, 0.2) is 0 Å². The van der Waals surface area contributed by atoms with Gasteiger partial charge in [0.2, 0.25) is 0 Å².